The van der Waals surface area contributed by atoms with E-state index in [1.165, 1.54) is 25.7 Å². The summed E-state index contributed by atoms with van der Waals surface area (Å²) in [7, 11) is 0. The Labute approximate surface area is 86.9 Å². The van der Waals surface area contributed by atoms with Crippen molar-refractivity contribution in [2.45, 2.75) is 39.5 Å². The van der Waals surface area contributed by atoms with Crippen LogP contribution in [0.15, 0.2) is 0 Å². The molecule has 4 atom stereocenters. The first-order chi connectivity index (χ1) is 6.62. The molecule has 82 valence electrons. The molecule has 0 aromatic carbocycles. The maximum atomic E-state index is 9.50. The van der Waals surface area contributed by atoms with E-state index in [-0.39, 0.29) is 5.41 Å². The molecule has 14 heavy (non-hydrogen) atoms. The molecule has 1 spiro atoms. The summed E-state index contributed by atoms with van der Waals surface area (Å²) in [6.07, 6.45) is 5.14. The van der Waals surface area contributed by atoms with Gasteiger partial charge in [0.25, 0.3) is 0 Å². The highest BCUT2D eigenvalue weighted by molar-refractivity contribution is 5.18. The molecule has 2 fully saturated rings. The highest BCUT2D eigenvalue weighted by Gasteiger charge is 2.68. The lowest BCUT2D eigenvalue weighted by molar-refractivity contribution is 0.0832. The van der Waals surface area contributed by atoms with Gasteiger partial charge in [-0.25, -0.2) is 0 Å². The van der Waals surface area contributed by atoms with E-state index >= 15 is 0 Å². The normalized spacial score (nSPS) is 52.3. The second kappa shape index (κ2) is 3.21. The van der Waals surface area contributed by atoms with E-state index in [1.807, 2.05) is 0 Å². The molecule has 4 unspecified atom stereocenters. The second-order valence-corrected chi connectivity index (χ2v) is 5.63. The Balaban J connectivity index is 2.18. The van der Waals surface area contributed by atoms with Crippen molar-refractivity contribution in [2.24, 2.45) is 28.4 Å². The van der Waals surface area contributed by atoms with Crippen molar-refractivity contribution in [1.82, 2.24) is 0 Å². The SMILES string of the molecule is CC1CCCC2(CC2(CN)CO)C1C. The van der Waals surface area contributed by atoms with E-state index < -0.39 is 0 Å². The smallest absolute Gasteiger partial charge is 0.0505 e. The minimum Gasteiger partial charge on any atom is -0.396 e. The Bertz CT molecular complexity index is 224. The van der Waals surface area contributed by atoms with E-state index in [0.29, 0.717) is 18.6 Å². The number of aliphatic hydroxyl groups is 1. The van der Waals surface area contributed by atoms with Crippen molar-refractivity contribution in [3.8, 4) is 0 Å². The number of aliphatic hydroxyl groups excluding tert-OH is 1. The Morgan fingerprint density at radius 1 is 1.43 bits per heavy atom. The van der Waals surface area contributed by atoms with Crippen LogP contribution in [0.4, 0.5) is 0 Å². The molecule has 0 amide bonds. The largest absolute Gasteiger partial charge is 0.396 e. The van der Waals surface area contributed by atoms with Gasteiger partial charge in [0.05, 0.1) is 6.61 Å². The van der Waals surface area contributed by atoms with Crippen molar-refractivity contribution in [3.05, 3.63) is 0 Å². The summed E-state index contributed by atoms with van der Waals surface area (Å²) in [6.45, 7) is 5.67. The summed E-state index contributed by atoms with van der Waals surface area (Å²) in [5.74, 6) is 1.55. The number of rotatable bonds is 2. The third-order valence-corrected chi connectivity index (χ3v) is 5.29. The molecule has 0 aromatic rings. The van der Waals surface area contributed by atoms with Gasteiger partial charge in [-0.15, -0.1) is 0 Å². The standard InChI is InChI=1S/C12H23NO/c1-9-4-3-5-12(10(9)2)6-11(12,7-13)8-14/h9-10,14H,3-8,13H2,1-2H3. The van der Waals surface area contributed by atoms with Gasteiger partial charge in [0, 0.05) is 12.0 Å². The van der Waals surface area contributed by atoms with Gasteiger partial charge in [-0.1, -0.05) is 26.7 Å². The molecule has 0 radical (unpaired) electrons. The molecule has 2 rings (SSSR count). The summed E-state index contributed by atoms with van der Waals surface area (Å²) in [6, 6.07) is 0. The van der Waals surface area contributed by atoms with Crippen LogP contribution in [0.1, 0.15) is 39.5 Å². The molecular formula is C12H23NO. The van der Waals surface area contributed by atoms with Gasteiger partial charge < -0.3 is 10.8 Å². The lowest BCUT2D eigenvalue weighted by Gasteiger charge is -2.38. The van der Waals surface area contributed by atoms with Gasteiger partial charge in [0.15, 0.2) is 0 Å². The lowest BCUT2D eigenvalue weighted by atomic mass is 9.67. The summed E-state index contributed by atoms with van der Waals surface area (Å²) in [4.78, 5) is 0. The van der Waals surface area contributed by atoms with E-state index in [1.54, 1.807) is 0 Å². The van der Waals surface area contributed by atoms with Crippen LogP contribution in [-0.2, 0) is 0 Å². The van der Waals surface area contributed by atoms with Crippen molar-refractivity contribution in [1.29, 1.82) is 0 Å². The summed E-state index contributed by atoms with van der Waals surface area (Å²) in [5.41, 5.74) is 6.31. The molecule has 0 bridgehead atoms. The van der Waals surface area contributed by atoms with Gasteiger partial charge >= 0.3 is 0 Å². The Kier molecular flexibility index (Phi) is 2.39. The molecule has 0 aromatic heterocycles. The fraction of sp³-hybridized carbons (Fsp3) is 1.00. The van der Waals surface area contributed by atoms with Crippen LogP contribution >= 0.6 is 0 Å². The summed E-state index contributed by atoms with van der Waals surface area (Å²) >= 11 is 0. The van der Waals surface area contributed by atoms with Crippen molar-refractivity contribution >= 4 is 0 Å². The zero-order valence-corrected chi connectivity index (χ0v) is 9.42. The van der Waals surface area contributed by atoms with E-state index in [2.05, 4.69) is 13.8 Å². The molecule has 2 nitrogen and oxygen atoms in total. The van der Waals surface area contributed by atoms with Crippen molar-refractivity contribution < 1.29 is 5.11 Å². The number of nitrogens with two attached hydrogens (primary N) is 1. The van der Waals surface area contributed by atoms with Crippen molar-refractivity contribution in [2.75, 3.05) is 13.2 Å². The van der Waals surface area contributed by atoms with Gasteiger partial charge in [-0.05, 0) is 30.1 Å². The highest BCUT2D eigenvalue weighted by Crippen LogP contribution is 2.72. The topological polar surface area (TPSA) is 46.2 Å². The average molecular weight is 197 g/mol. The minimum atomic E-state index is 0.0844. The van der Waals surface area contributed by atoms with Crippen molar-refractivity contribution in [3.63, 3.8) is 0 Å². The van der Waals surface area contributed by atoms with Crippen LogP contribution in [-0.4, -0.2) is 18.3 Å². The minimum absolute atomic E-state index is 0.0844. The second-order valence-electron chi connectivity index (χ2n) is 5.63. The molecule has 0 aliphatic heterocycles. The Hall–Kier alpha value is -0.0800. The maximum absolute atomic E-state index is 9.50. The third kappa shape index (κ3) is 1.10. The predicted molar refractivity (Wildman–Crippen MR) is 57.8 cm³/mol. The van der Waals surface area contributed by atoms with Crippen LogP contribution in [0.5, 0.6) is 0 Å². The molecule has 2 saturated carbocycles. The van der Waals surface area contributed by atoms with Crippen LogP contribution in [0.2, 0.25) is 0 Å². The fourth-order valence-corrected chi connectivity index (χ4v) is 3.87. The average Bonchev–Trinajstić information content (AvgIpc) is 2.85. The van der Waals surface area contributed by atoms with Gasteiger partial charge in [0.1, 0.15) is 0 Å². The molecular weight excluding hydrogens is 174 g/mol. The Morgan fingerprint density at radius 2 is 2.14 bits per heavy atom. The van der Waals surface area contributed by atoms with Crippen LogP contribution in [0.25, 0.3) is 0 Å². The van der Waals surface area contributed by atoms with Gasteiger partial charge in [-0.2, -0.15) is 0 Å². The maximum Gasteiger partial charge on any atom is 0.0505 e. The van der Waals surface area contributed by atoms with Gasteiger partial charge in [-0.3, -0.25) is 0 Å². The Morgan fingerprint density at radius 3 is 2.64 bits per heavy atom. The predicted octanol–water partition coefficient (Wildman–Crippen LogP) is 1.77. The molecule has 2 aliphatic rings. The summed E-state index contributed by atoms with van der Waals surface area (Å²) < 4.78 is 0. The number of hydrogen-bond donors (Lipinski definition) is 2. The molecule has 0 saturated heterocycles. The third-order valence-electron chi connectivity index (χ3n) is 5.29. The fourth-order valence-electron chi connectivity index (χ4n) is 3.87. The summed E-state index contributed by atoms with van der Waals surface area (Å²) in [5, 5.41) is 9.50. The molecule has 2 aliphatic carbocycles. The monoisotopic (exact) mass is 197 g/mol. The van der Waals surface area contributed by atoms with Gasteiger partial charge in [0.2, 0.25) is 0 Å². The zero-order chi connectivity index (χ0) is 10.4. The first kappa shape index (κ1) is 10.4. The lowest BCUT2D eigenvalue weighted by Crippen LogP contribution is -2.35. The van der Waals surface area contributed by atoms with Crippen LogP contribution in [0, 0.1) is 22.7 Å². The highest BCUT2D eigenvalue weighted by atomic mass is 16.3. The van der Waals surface area contributed by atoms with Crippen LogP contribution < -0.4 is 5.73 Å². The zero-order valence-electron chi connectivity index (χ0n) is 9.42. The first-order valence-electron chi connectivity index (χ1n) is 5.93. The van der Waals surface area contributed by atoms with Crippen LogP contribution in [0.3, 0.4) is 0 Å². The molecule has 3 N–H and O–H groups in total. The first-order valence-corrected chi connectivity index (χ1v) is 5.93. The van der Waals surface area contributed by atoms with E-state index in [9.17, 15) is 5.11 Å². The van der Waals surface area contributed by atoms with E-state index in [0.717, 1.165) is 11.8 Å². The van der Waals surface area contributed by atoms with E-state index in [4.69, 9.17) is 5.73 Å². The number of hydrogen-bond acceptors (Lipinski definition) is 2. The molecule has 0 heterocycles. The quantitative estimate of drug-likeness (QED) is 0.708. The molecule has 2 heteroatoms.